The lowest BCUT2D eigenvalue weighted by Crippen LogP contribution is -2.42. The molecule has 1 aliphatic rings. The molecule has 2 rings (SSSR count). The van der Waals surface area contributed by atoms with Crippen molar-refractivity contribution in [1.82, 2.24) is 4.90 Å². The maximum atomic E-state index is 12.8. The number of carbonyl (C=O) groups is 1. The Labute approximate surface area is 129 Å². The van der Waals surface area contributed by atoms with Crippen molar-refractivity contribution in [3.8, 4) is 5.75 Å². The quantitative estimate of drug-likeness (QED) is 0.813. The van der Waals surface area contributed by atoms with Crippen molar-refractivity contribution >= 4 is 23.4 Å². The number of nitrogens with two attached hydrogens (primary N) is 1. The van der Waals surface area contributed by atoms with Crippen molar-refractivity contribution < 1.29 is 14.3 Å². The molecule has 1 atom stereocenters. The van der Waals surface area contributed by atoms with E-state index in [1.807, 2.05) is 16.7 Å². The van der Waals surface area contributed by atoms with Crippen LogP contribution in [0, 0.1) is 0 Å². The van der Waals surface area contributed by atoms with Crippen LogP contribution in [0.1, 0.15) is 16.8 Å². The Balaban J connectivity index is 2.20. The van der Waals surface area contributed by atoms with Crippen LogP contribution >= 0.6 is 11.8 Å². The van der Waals surface area contributed by atoms with Crippen LogP contribution in [0.2, 0.25) is 0 Å². The van der Waals surface area contributed by atoms with E-state index in [-0.39, 0.29) is 11.9 Å². The lowest BCUT2D eigenvalue weighted by atomic mass is 10.1. The first kappa shape index (κ1) is 16.0. The highest BCUT2D eigenvalue weighted by atomic mass is 32.2. The van der Waals surface area contributed by atoms with Gasteiger partial charge in [-0.15, -0.1) is 0 Å². The summed E-state index contributed by atoms with van der Waals surface area (Å²) < 4.78 is 10.3. The summed E-state index contributed by atoms with van der Waals surface area (Å²) >= 11 is 1.88. The second-order valence-electron chi connectivity index (χ2n) is 4.96. The molecule has 1 fully saturated rings. The van der Waals surface area contributed by atoms with Gasteiger partial charge in [-0.2, -0.15) is 11.8 Å². The number of methoxy groups -OCH3 is 2. The van der Waals surface area contributed by atoms with Gasteiger partial charge in [-0.05, 0) is 24.3 Å². The fraction of sp³-hybridized carbons (Fsp3) is 0.533. The second kappa shape index (κ2) is 7.56. The number of nitrogen functional groups attached to an aromatic ring is 1. The monoisotopic (exact) mass is 310 g/mol. The zero-order chi connectivity index (χ0) is 15.2. The summed E-state index contributed by atoms with van der Waals surface area (Å²) in [6.45, 7) is 1.12. The minimum absolute atomic E-state index is 0.0281. The molecular weight excluding hydrogens is 288 g/mol. The Kier molecular flexibility index (Phi) is 5.76. The summed E-state index contributed by atoms with van der Waals surface area (Å²) in [5, 5.41) is 0. The molecule has 6 heteroatoms. The van der Waals surface area contributed by atoms with E-state index >= 15 is 0 Å². The molecule has 116 valence electrons. The number of thioether (sulfide) groups is 1. The molecule has 0 aromatic heterocycles. The summed E-state index contributed by atoms with van der Waals surface area (Å²) in [4.78, 5) is 14.7. The molecule has 21 heavy (non-hydrogen) atoms. The number of nitrogens with zero attached hydrogens (tertiary/aromatic N) is 1. The molecule has 5 nitrogen and oxygen atoms in total. The zero-order valence-electron chi connectivity index (χ0n) is 12.5. The first-order chi connectivity index (χ1) is 10.2. The molecule has 2 N–H and O–H groups in total. The Hall–Kier alpha value is -1.40. The van der Waals surface area contributed by atoms with Gasteiger partial charge in [0.05, 0.1) is 19.3 Å². The van der Waals surface area contributed by atoms with Crippen LogP contribution in [0.4, 0.5) is 5.69 Å². The average Bonchev–Trinajstić information content (AvgIpc) is 3.01. The third-order valence-electron chi connectivity index (χ3n) is 3.63. The topological polar surface area (TPSA) is 64.8 Å². The largest absolute Gasteiger partial charge is 0.497 e. The average molecular weight is 310 g/mol. The van der Waals surface area contributed by atoms with Gasteiger partial charge in [-0.25, -0.2) is 0 Å². The maximum Gasteiger partial charge on any atom is 0.256 e. The predicted molar refractivity (Wildman–Crippen MR) is 86.0 cm³/mol. The number of carbonyl (C=O) groups excluding carboxylic acids is 1. The Morgan fingerprint density at radius 3 is 2.86 bits per heavy atom. The standard InChI is InChI=1S/C15H22N2O3S/c1-19-7-6-17(11-5-8-21-10-11)15(18)13-4-3-12(20-2)9-14(13)16/h3-4,9,11H,5-8,10,16H2,1-2H3. The lowest BCUT2D eigenvalue weighted by Gasteiger charge is -2.29. The first-order valence-electron chi connectivity index (χ1n) is 6.98. The molecule has 1 aromatic carbocycles. The van der Waals surface area contributed by atoms with Crippen LogP contribution in [0.5, 0.6) is 5.75 Å². The number of hydrogen-bond donors (Lipinski definition) is 1. The molecule has 0 aliphatic carbocycles. The molecule has 1 unspecified atom stereocenters. The maximum absolute atomic E-state index is 12.8. The zero-order valence-corrected chi connectivity index (χ0v) is 13.3. The fourth-order valence-corrected chi connectivity index (χ4v) is 3.65. The molecule has 0 radical (unpaired) electrons. The van der Waals surface area contributed by atoms with Crippen LogP contribution in [0.25, 0.3) is 0 Å². The van der Waals surface area contributed by atoms with Gasteiger partial charge in [0.15, 0.2) is 0 Å². The molecule has 1 aromatic rings. The molecule has 0 bridgehead atoms. The van der Waals surface area contributed by atoms with Gasteiger partial charge in [0.2, 0.25) is 0 Å². The number of amides is 1. The minimum Gasteiger partial charge on any atom is -0.497 e. The first-order valence-corrected chi connectivity index (χ1v) is 8.14. The summed E-state index contributed by atoms with van der Waals surface area (Å²) in [5.74, 6) is 2.70. The predicted octanol–water partition coefficient (Wildman–Crippen LogP) is 1.87. The molecule has 0 saturated carbocycles. The van der Waals surface area contributed by atoms with Crippen LogP contribution in [-0.2, 0) is 4.74 Å². The summed E-state index contributed by atoms with van der Waals surface area (Å²) in [5.41, 5.74) is 6.98. The van der Waals surface area contributed by atoms with Crippen LogP contribution in [-0.4, -0.2) is 55.7 Å². The smallest absolute Gasteiger partial charge is 0.256 e. The fourth-order valence-electron chi connectivity index (χ4n) is 2.42. The van der Waals surface area contributed by atoms with Crippen molar-refractivity contribution in [3.63, 3.8) is 0 Å². The number of rotatable bonds is 6. The minimum atomic E-state index is -0.0281. The third kappa shape index (κ3) is 3.83. The molecule has 0 spiro atoms. The third-order valence-corrected chi connectivity index (χ3v) is 4.78. The van der Waals surface area contributed by atoms with E-state index < -0.39 is 0 Å². The SMILES string of the molecule is COCCN(C(=O)c1ccc(OC)cc1N)C1CCSC1. The van der Waals surface area contributed by atoms with E-state index in [9.17, 15) is 4.79 Å². The number of benzene rings is 1. The van der Waals surface area contributed by atoms with Gasteiger partial charge in [-0.1, -0.05) is 0 Å². The van der Waals surface area contributed by atoms with Gasteiger partial charge >= 0.3 is 0 Å². The van der Waals surface area contributed by atoms with Crippen molar-refractivity contribution in [2.24, 2.45) is 0 Å². The van der Waals surface area contributed by atoms with Gasteiger partial charge in [-0.3, -0.25) is 4.79 Å². The number of ether oxygens (including phenoxy) is 2. The van der Waals surface area contributed by atoms with Crippen molar-refractivity contribution in [3.05, 3.63) is 23.8 Å². The number of anilines is 1. The van der Waals surface area contributed by atoms with E-state index in [1.54, 1.807) is 32.4 Å². The molecule has 1 aliphatic heterocycles. The highest BCUT2D eigenvalue weighted by molar-refractivity contribution is 7.99. The van der Waals surface area contributed by atoms with Gasteiger partial charge in [0, 0.05) is 37.2 Å². The van der Waals surface area contributed by atoms with E-state index in [2.05, 4.69) is 0 Å². The lowest BCUT2D eigenvalue weighted by molar-refractivity contribution is 0.0625. The molecule has 1 saturated heterocycles. The van der Waals surface area contributed by atoms with E-state index in [1.165, 1.54) is 0 Å². The molecule has 1 heterocycles. The van der Waals surface area contributed by atoms with E-state index in [0.717, 1.165) is 17.9 Å². The van der Waals surface area contributed by atoms with Crippen molar-refractivity contribution in [2.75, 3.05) is 44.6 Å². The Morgan fingerprint density at radius 1 is 1.48 bits per heavy atom. The van der Waals surface area contributed by atoms with Crippen LogP contribution < -0.4 is 10.5 Å². The van der Waals surface area contributed by atoms with Crippen LogP contribution in [0.15, 0.2) is 18.2 Å². The highest BCUT2D eigenvalue weighted by Gasteiger charge is 2.28. The van der Waals surface area contributed by atoms with E-state index in [0.29, 0.717) is 30.2 Å². The van der Waals surface area contributed by atoms with Crippen molar-refractivity contribution in [2.45, 2.75) is 12.5 Å². The number of hydrogen-bond acceptors (Lipinski definition) is 5. The summed E-state index contributed by atoms with van der Waals surface area (Å²) in [6, 6.07) is 5.45. The van der Waals surface area contributed by atoms with Gasteiger partial charge in [0.25, 0.3) is 5.91 Å². The van der Waals surface area contributed by atoms with E-state index in [4.69, 9.17) is 15.2 Å². The normalized spacial score (nSPS) is 17.7. The van der Waals surface area contributed by atoms with Crippen molar-refractivity contribution in [1.29, 1.82) is 0 Å². The Bertz CT molecular complexity index is 490. The molecular formula is C15H22N2O3S. The van der Waals surface area contributed by atoms with Gasteiger partial charge in [0.1, 0.15) is 5.75 Å². The summed E-state index contributed by atoms with van der Waals surface area (Å²) in [6.07, 6.45) is 1.02. The van der Waals surface area contributed by atoms with Gasteiger partial charge < -0.3 is 20.1 Å². The van der Waals surface area contributed by atoms with Crippen LogP contribution in [0.3, 0.4) is 0 Å². The molecule has 1 amide bonds. The Morgan fingerprint density at radius 2 is 2.29 bits per heavy atom. The second-order valence-corrected chi connectivity index (χ2v) is 6.11. The summed E-state index contributed by atoms with van der Waals surface area (Å²) in [7, 11) is 3.23. The highest BCUT2D eigenvalue weighted by Crippen LogP contribution is 2.26.